The summed E-state index contributed by atoms with van der Waals surface area (Å²) in [5.41, 5.74) is 6.88. The van der Waals surface area contributed by atoms with Gasteiger partial charge in [-0.05, 0) is 46.5 Å². The van der Waals surface area contributed by atoms with Crippen LogP contribution in [0.5, 0.6) is 0 Å². The molecule has 0 aliphatic heterocycles. The van der Waals surface area contributed by atoms with Gasteiger partial charge in [-0.25, -0.2) is 4.39 Å². The zero-order chi connectivity index (χ0) is 13.9. The molecule has 5 heteroatoms. The predicted molar refractivity (Wildman–Crippen MR) is 74.8 cm³/mol. The van der Waals surface area contributed by atoms with Crippen molar-refractivity contribution >= 4 is 27.5 Å². The Morgan fingerprint density at radius 1 is 1.50 bits per heavy atom. The zero-order valence-corrected chi connectivity index (χ0v) is 12.3. The van der Waals surface area contributed by atoms with Crippen LogP contribution in [0.2, 0.25) is 0 Å². The molecule has 0 fully saturated rings. The lowest BCUT2D eigenvalue weighted by Gasteiger charge is -2.19. The number of aryl methyl sites for hydroxylation is 1. The number of rotatable bonds is 4. The first-order valence-corrected chi connectivity index (χ1v) is 6.62. The molecule has 0 radical (unpaired) electrons. The molecule has 0 spiro atoms. The second-order valence-corrected chi connectivity index (χ2v) is 5.51. The molecule has 1 atom stereocenters. The van der Waals surface area contributed by atoms with Gasteiger partial charge in [-0.1, -0.05) is 13.8 Å². The zero-order valence-electron chi connectivity index (χ0n) is 10.8. The van der Waals surface area contributed by atoms with E-state index >= 15 is 0 Å². The lowest BCUT2D eigenvalue weighted by molar-refractivity contribution is -0.120. The molecule has 1 aromatic rings. The molecule has 0 bridgehead atoms. The van der Waals surface area contributed by atoms with E-state index in [4.69, 9.17) is 5.73 Å². The van der Waals surface area contributed by atoms with E-state index in [2.05, 4.69) is 21.2 Å². The molecule has 0 heterocycles. The van der Waals surface area contributed by atoms with E-state index in [1.54, 1.807) is 13.0 Å². The molecular weight excluding hydrogens is 299 g/mol. The van der Waals surface area contributed by atoms with Crippen LogP contribution in [0.1, 0.15) is 19.4 Å². The summed E-state index contributed by atoms with van der Waals surface area (Å²) >= 11 is 3.10. The molecule has 1 aromatic carbocycles. The molecule has 0 saturated carbocycles. The first-order valence-electron chi connectivity index (χ1n) is 5.83. The van der Waals surface area contributed by atoms with E-state index in [0.717, 1.165) is 0 Å². The quantitative estimate of drug-likeness (QED) is 0.897. The summed E-state index contributed by atoms with van der Waals surface area (Å²) in [7, 11) is 0. The van der Waals surface area contributed by atoms with Gasteiger partial charge in [-0.3, -0.25) is 4.79 Å². The van der Waals surface area contributed by atoms with Crippen molar-refractivity contribution in [3.63, 3.8) is 0 Å². The van der Waals surface area contributed by atoms with Crippen LogP contribution >= 0.6 is 15.9 Å². The molecule has 1 unspecified atom stereocenters. The number of hydrogen-bond donors (Lipinski definition) is 2. The third-order valence-corrected chi connectivity index (χ3v) is 3.53. The van der Waals surface area contributed by atoms with E-state index in [9.17, 15) is 9.18 Å². The van der Waals surface area contributed by atoms with Gasteiger partial charge in [0.1, 0.15) is 5.82 Å². The number of carbonyl (C=O) groups excluding carboxylic acids is 1. The van der Waals surface area contributed by atoms with Crippen molar-refractivity contribution in [3.8, 4) is 0 Å². The Morgan fingerprint density at radius 2 is 2.11 bits per heavy atom. The Hall–Kier alpha value is -0.940. The maximum atomic E-state index is 13.3. The van der Waals surface area contributed by atoms with Crippen molar-refractivity contribution in [2.75, 3.05) is 11.9 Å². The number of amides is 1. The minimum Gasteiger partial charge on any atom is -0.330 e. The lowest BCUT2D eigenvalue weighted by Crippen LogP contribution is -2.33. The number of benzene rings is 1. The minimum absolute atomic E-state index is 0.130. The summed E-state index contributed by atoms with van der Waals surface area (Å²) in [5, 5.41) is 2.80. The largest absolute Gasteiger partial charge is 0.330 e. The minimum atomic E-state index is -0.343. The molecule has 3 nitrogen and oxygen atoms in total. The highest BCUT2D eigenvalue weighted by Gasteiger charge is 2.21. The van der Waals surface area contributed by atoms with Crippen LogP contribution in [0, 0.1) is 24.6 Å². The Balaban J connectivity index is 2.91. The molecule has 0 aliphatic rings. The lowest BCUT2D eigenvalue weighted by atomic mass is 9.95. The van der Waals surface area contributed by atoms with Gasteiger partial charge < -0.3 is 11.1 Å². The molecule has 18 heavy (non-hydrogen) atoms. The number of halogens is 2. The van der Waals surface area contributed by atoms with Crippen molar-refractivity contribution in [2.24, 2.45) is 17.6 Å². The number of nitrogens with two attached hydrogens (primary N) is 1. The Kier molecular flexibility index (Phi) is 5.28. The standard InChI is InChI=1S/C13H18BrFN2O/c1-7(2)9(6-16)13(18)17-12-5-10(14)11(15)4-8(12)3/h4-5,7,9H,6,16H2,1-3H3,(H,17,18). The topological polar surface area (TPSA) is 55.1 Å². The summed E-state index contributed by atoms with van der Waals surface area (Å²) < 4.78 is 13.6. The van der Waals surface area contributed by atoms with Gasteiger partial charge in [0, 0.05) is 12.2 Å². The third kappa shape index (κ3) is 3.53. The van der Waals surface area contributed by atoms with Crippen LogP contribution in [0.15, 0.2) is 16.6 Å². The summed E-state index contributed by atoms with van der Waals surface area (Å²) in [6.07, 6.45) is 0. The van der Waals surface area contributed by atoms with Crippen molar-refractivity contribution in [3.05, 3.63) is 28.0 Å². The van der Waals surface area contributed by atoms with Crippen LogP contribution < -0.4 is 11.1 Å². The maximum absolute atomic E-state index is 13.3. The molecular formula is C13H18BrFN2O. The van der Waals surface area contributed by atoms with Crippen LogP contribution in [-0.2, 0) is 4.79 Å². The Labute approximate surface area is 115 Å². The molecule has 0 saturated heterocycles. The van der Waals surface area contributed by atoms with E-state index in [1.165, 1.54) is 6.07 Å². The fraction of sp³-hybridized carbons (Fsp3) is 0.462. The van der Waals surface area contributed by atoms with E-state index < -0.39 is 0 Å². The average Bonchev–Trinajstić information content (AvgIpc) is 2.26. The maximum Gasteiger partial charge on any atom is 0.229 e. The predicted octanol–water partition coefficient (Wildman–Crippen LogP) is 3.07. The highest BCUT2D eigenvalue weighted by Crippen LogP contribution is 2.25. The fourth-order valence-corrected chi connectivity index (χ4v) is 2.03. The number of nitrogens with one attached hydrogen (secondary N) is 1. The highest BCUT2D eigenvalue weighted by atomic mass is 79.9. The Bertz CT molecular complexity index is 449. The number of anilines is 1. The first-order chi connectivity index (χ1) is 8.36. The molecule has 0 aliphatic carbocycles. The fourth-order valence-electron chi connectivity index (χ4n) is 1.69. The second-order valence-electron chi connectivity index (χ2n) is 4.66. The van der Waals surface area contributed by atoms with Gasteiger partial charge >= 0.3 is 0 Å². The monoisotopic (exact) mass is 316 g/mol. The van der Waals surface area contributed by atoms with Crippen molar-refractivity contribution in [1.82, 2.24) is 0 Å². The summed E-state index contributed by atoms with van der Waals surface area (Å²) in [6.45, 7) is 5.94. The highest BCUT2D eigenvalue weighted by molar-refractivity contribution is 9.10. The van der Waals surface area contributed by atoms with Gasteiger partial charge in [0.25, 0.3) is 0 Å². The molecule has 100 valence electrons. The Morgan fingerprint density at radius 3 is 2.61 bits per heavy atom. The molecule has 3 N–H and O–H groups in total. The third-order valence-electron chi connectivity index (χ3n) is 2.92. The summed E-state index contributed by atoms with van der Waals surface area (Å²) in [6, 6.07) is 2.95. The van der Waals surface area contributed by atoms with Gasteiger partial charge in [0.05, 0.1) is 10.4 Å². The molecule has 1 rings (SSSR count). The normalized spacial score (nSPS) is 12.6. The van der Waals surface area contributed by atoms with Crippen LogP contribution in [0.4, 0.5) is 10.1 Å². The first kappa shape index (κ1) is 15.1. The van der Waals surface area contributed by atoms with Crippen molar-refractivity contribution < 1.29 is 9.18 Å². The summed E-state index contributed by atoms with van der Waals surface area (Å²) in [5.74, 6) is -0.550. The number of hydrogen-bond acceptors (Lipinski definition) is 2. The average molecular weight is 317 g/mol. The van der Waals surface area contributed by atoms with E-state index in [0.29, 0.717) is 22.3 Å². The number of carbonyl (C=O) groups is 1. The van der Waals surface area contributed by atoms with Crippen molar-refractivity contribution in [1.29, 1.82) is 0 Å². The van der Waals surface area contributed by atoms with Crippen LogP contribution in [0.3, 0.4) is 0 Å². The van der Waals surface area contributed by atoms with Gasteiger partial charge in [0.2, 0.25) is 5.91 Å². The molecule has 1 amide bonds. The summed E-state index contributed by atoms with van der Waals surface area (Å²) in [4.78, 5) is 12.0. The SMILES string of the molecule is Cc1cc(F)c(Br)cc1NC(=O)C(CN)C(C)C. The van der Waals surface area contributed by atoms with Crippen LogP contribution in [0.25, 0.3) is 0 Å². The second kappa shape index (κ2) is 6.29. The van der Waals surface area contributed by atoms with E-state index in [-0.39, 0.29) is 23.6 Å². The van der Waals surface area contributed by atoms with E-state index in [1.807, 2.05) is 13.8 Å². The van der Waals surface area contributed by atoms with Crippen molar-refractivity contribution in [2.45, 2.75) is 20.8 Å². The van der Waals surface area contributed by atoms with Gasteiger partial charge in [-0.15, -0.1) is 0 Å². The van der Waals surface area contributed by atoms with Gasteiger partial charge in [0.15, 0.2) is 0 Å². The smallest absolute Gasteiger partial charge is 0.229 e. The van der Waals surface area contributed by atoms with Crippen LogP contribution in [-0.4, -0.2) is 12.5 Å². The molecule has 0 aromatic heterocycles. The van der Waals surface area contributed by atoms with Gasteiger partial charge in [-0.2, -0.15) is 0 Å².